The molecule has 0 saturated heterocycles. The van der Waals surface area contributed by atoms with E-state index in [1.54, 1.807) is 36.4 Å². The molecule has 0 radical (unpaired) electrons. The van der Waals surface area contributed by atoms with E-state index in [4.69, 9.17) is 16.3 Å². The van der Waals surface area contributed by atoms with E-state index in [9.17, 15) is 14.0 Å². The summed E-state index contributed by atoms with van der Waals surface area (Å²) in [7, 11) is 1.48. The molecule has 1 heterocycles. The smallest absolute Gasteiger partial charge is 0.273 e. The number of thioether (sulfide) groups is 1. The Kier molecular flexibility index (Phi) is 5.85. The molecule has 3 aromatic rings. The fourth-order valence-corrected chi connectivity index (χ4v) is 4.41. The van der Waals surface area contributed by atoms with Crippen LogP contribution in [0.15, 0.2) is 76.5 Å². The van der Waals surface area contributed by atoms with Gasteiger partial charge in [-0.1, -0.05) is 41.6 Å². The standard InChI is InChI=1S/C24H17ClFNO3S/c1-14-3-12-20(30-2)19(13-14)27-23(28)21(15-4-8-17(26)9-5-15)22(24(27)29)31-18-10-6-16(25)7-11-18/h3-13H,1-2H3. The molecule has 0 saturated carbocycles. The molecule has 0 aliphatic carbocycles. The van der Waals surface area contributed by atoms with Crippen molar-refractivity contribution in [1.82, 2.24) is 0 Å². The van der Waals surface area contributed by atoms with Crippen LogP contribution in [0.3, 0.4) is 0 Å². The molecule has 156 valence electrons. The number of halogens is 2. The normalized spacial score (nSPS) is 13.9. The van der Waals surface area contributed by atoms with Crippen molar-refractivity contribution in [2.75, 3.05) is 12.0 Å². The fourth-order valence-electron chi connectivity index (χ4n) is 3.29. The number of hydrogen-bond donors (Lipinski definition) is 0. The van der Waals surface area contributed by atoms with Crippen molar-refractivity contribution in [1.29, 1.82) is 0 Å². The van der Waals surface area contributed by atoms with Crippen LogP contribution in [0, 0.1) is 12.7 Å². The van der Waals surface area contributed by atoms with E-state index in [0.29, 0.717) is 22.0 Å². The lowest BCUT2D eigenvalue weighted by Gasteiger charge is -2.19. The first-order valence-electron chi connectivity index (χ1n) is 9.36. The molecule has 3 aromatic carbocycles. The zero-order chi connectivity index (χ0) is 22.1. The number of anilines is 1. The average Bonchev–Trinajstić information content (AvgIpc) is 3.00. The van der Waals surface area contributed by atoms with Gasteiger partial charge in [0, 0.05) is 9.92 Å². The number of carbonyl (C=O) groups is 2. The molecule has 0 bridgehead atoms. The van der Waals surface area contributed by atoms with E-state index in [0.717, 1.165) is 15.4 Å². The Morgan fingerprint density at radius 2 is 1.61 bits per heavy atom. The summed E-state index contributed by atoms with van der Waals surface area (Å²) in [6.45, 7) is 1.87. The quantitative estimate of drug-likeness (QED) is 0.453. The van der Waals surface area contributed by atoms with Crippen molar-refractivity contribution in [3.8, 4) is 5.75 Å². The summed E-state index contributed by atoms with van der Waals surface area (Å²) < 4.78 is 18.9. The zero-order valence-corrected chi connectivity index (χ0v) is 18.3. The highest BCUT2D eigenvalue weighted by atomic mass is 35.5. The molecule has 1 aliphatic rings. The number of methoxy groups -OCH3 is 1. The SMILES string of the molecule is COc1ccc(C)cc1N1C(=O)C(Sc2ccc(Cl)cc2)=C(c2ccc(F)cc2)C1=O. The summed E-state index contributed by atoms with van der Waals surface area (Å²) in [6, 6.07) is 17.8. The molecule has 0 atom stereocenters. The average molecular weight is 454 g/mol. The van der Waals surface area contributed by atoms with Crippen LogP contribution in [-0.2, 0) is 9.59 Å². The Balaban J connectivity index is 1.85. The highest BCUT2D eigenvalue weighted by molar-refractivity contribution is 8.04. The second-order valence-electron chi connectivity index (χ2n) is 6.89. The number of rotatable bonds is 5. The number of hydrogen-bond acceptors (Lipinski definition) is 4. The largest absolute Gasteiger partial charge is 0.495 e. The van der Waals surface area contributed by atoms with Crippen molar-refractivity contribution in [3.05, 3.63) is 93.6 Å². The molecule has 2 amide bonds. The number of amides is 2. The van der Waals surface area contributed by atoms with Crippen LogP contribution in [0.2, 0.25) is 5.02 Å². The van der Waals surface area contributed by atoms with Crippen molar-refractivity contribution < 1.29 is 18.7 Å². The minimum Gasteiger partial charge on any atom is -0.495 e. The third kappa shape index (κ3) is 4.09. The second kappa shape index (κ2) is 8.57. The molecule has 4 rings (SSSR count). The summed E-state index contributed by atoms with van der Waals surface area (Å²) in [6.07, 6.45) is 0. The van der Waals surface area contributed by atoms with Crippen LogP contribution in [0.4, 0.5) is 10.1 Å². The number of imide groups is 1. The Hall–Kier alpha value is -3.09. The van der Waals surface area contributed by atoms with Gasteiger partial charge >= 0.3 is 0 Å². The van der Waals surface area contributed by atoms with Gasteiger partial charge in [-0.05, 0) is 66.6 Å². The molecule has 0 spiro atoms. The lowest BCUT2D eigenvalue weighted by molar-refractivity contribution is -0.119. The van der Waals surface area contributed by atoms with Crippen LogP contribution in [0.1, 0.15) is 11.1 Å². The lowest BCUT2D eigenvalue weighted by atomic mass is 10.1. The number of benzene rings is 3. The number of ether oxygens (including phenoxy) is 1. The Morgan fingerprint density at radius 1 is 0.935 bits per heavy atom. The highest BCUT2D eigenvalue weighted by Gasteiger charge is 2.41. The van der Waals surface area contributed by atoms with Crippen molar-refractivity contribution in [2.24, 2.45) is 0 Å². The van der Waals surface area contributed by atoms with Gasteiger partial charge in [0.05, 0.1) is 23.3 Å². The van der Waals surface area contributed by atoms with Crippen LogP contribution in [-0.4, -0.2) is 18.9 Å². The summed E-state index contributed by atoms with van der Waals surface area (Å²) >= 11 is 7.14. The predicted molar refractivity (Wildman–Crippen MR) is 121 cm³/mol. The van der Waals surface area contributed by atoms with Gasteiger partial charge in [0.15, 0.2) is 0 Å². The number of carbonyl (C=O) groups excluding carboxylic acids is 2. The van der Waals surface area contributed by atoms with Crippen LogP contribution in [0.5, 0.6) is 5.75 Å². The first kappa shape index (κ1) is 21.2. The first-order valence-corrected chi connectivity index (χ1v) is 10.6. The summed E-state index contributed by atoms with van der Waals surface area (Å²) in [5.41, 5.74) is 1.92. The van der Waals surface area contributed by atoms with Gasteiger partial charge in [0.1, 0.15) is 11.6 Å². The van der Waals surface area contributed by atoms with Crippen molar-refractivity contribution in [2.45, 2.75) is 11.8 Å². The van der Waals surface area contributed by atoms with E-state index in [-0.39, 0.29) is 10.5 Å². The van der Waals surface area contributed by atoms with Crippen LogP contribution in [0.25, 0.3) is 5.57 Å². The molecule has 0 aromatic heterocycles. The van der Waals surface area contributed by atoms with E-state index in [1.165, 1.54) is 43.1 Å². The molecular weight excluding hydrogens is 437 g/mol. The van der Waals surface area contributed by atoms with E-state index in [2.05, 4.69) is 0 Å². The topological polar surface area (TPSA) is 46.6 Å². The van der Waals surface area contributed by atoms with E-state index in [1.807, 2.05) is 13.0 Å². The van der Waals surface area contributed by atoms with Gasteiger partial charge in [-0.15, -0.1) is 0 Å². The van der Waals surface area contributed by atoms with Gasteiger partial charge in [-0.3, -0.25) is 9.59 Å². The summed E-state index contributed by atoms with van der Waals surface area (Å²) in [4.78, 5) is 29.1. The van der Waals surface area contributed by atoms with Gasteiger partial charge in [0.2, 0.25) is 0 Å². The first-order chi connectivity index (χ1) is 14.9. The van der Waals surface area contributed by atoms with E-state index < -0.39 is 17.6 Å². The minimum atomic E-state index is -0.489. The van der Waals surface area contributed by atoms with Gasteiger partial charge < -0.3 is 4.74 Å². The highest BCUT2D eigenvalue weighted by Crippen LogP contribution is 2.43. The molecule has 1 aliphatic heterocycles. The maximum absolute atomic E-state index is 13.5. The Bertz CT molecular complexity index is 1210. The fraction of sp³-hybridized carbons (Fsp3) is 0.0833. The lowest BCUT2D eigenvalue weighted by Crippen LogP contribution is -2.31. The van der Waals surface area contributed by atoms with Gasteiger partial charge in [-0.25, -0.2) is 9.29 Å². The maximum atomic E-state index is 13.5. The molecule has 0 unspecified atom stereocenters. The maximum Gasteiger partial charge on any atom is 0.273 e. The summed E-state index contributed by atoms with van der Waals surface area (Å²) in [5.74, 6) is -0.973. The Morgan fingerprint density at radius 3 is 2.26 bits per heavy atom. The second-order valence-corrected chi connectivity index (χ2v) is 8.41. The molecule has 4 nitrogen and oxygen atoms in total. The zero-order valence-electron chi connectivity index (χ0n) is 16.7. The Labute approximate surface area is 188 Å². The van der Waals surface area contributed by atoms with Crippen LogP contribution >= 0.6 is 23.4 Å². The summed E-state index contributed by atoms with van der Waals surface area (Å²) in [5, 5.41) is 0.567. The molecule has 31 heavy (non-hydrogen) atoms. The van der Waals surface area contributed by atoms with Crippen LogP contribution < -0.4 is 9.64 Å². The van der Waals surface area contributed by atoms with Crippen molar-refractivity contribution in [3.63, 3.8) is 0 Å². The van der Waals surface area contributed by atoms with E-state index >= 15 is 0 Å². The number of aryl methyl sites for hydroxylation is 1. The predicted octanol–water partition coefficient (Wildman–Crippen LogP) is 5.87. The minimum absolute atomic E-state index is 0.216. The van der Waals surface area contributed by atoms with Gasteiger partial charge in [-0.2, -0.15) is 0 Å². The molecule has 7 heteroatoms. The third-order valence-electron chi connectivity index (χ3n) is 4.78. The number of nitrogens with zero attached hydrogens (tertiary/aromatic N) is 1. The molecular formula is C24H17ClFNO3S. The molecule has 0 N–H and O–H groups in total. The monoisotopic (exact) mass is 453 g/mol. The third-order valence-corrected chi connectivity index (χ3v) is 6.13. The molecule has 0 fully saturated rings. The van der Waals surface area contributed by atoms with Gasteiger partial charge in [0.25, 0.3) is 11.8 Å². The van der Waals surface area contributed by atoms with Crippen molar-refractivity contribution >= 4 is 46.4 Å².